The van der Waals surface area contributed by atoms with Crippen LogP contribution in [-0.2, 0) is 0 Å². The molecule has 0 radical (unpaired) electrons. The number of hydrogen-bond donors (Lipinski definition) is 2. The van der Waals surface area contributed by atoms with Crippen molar-refractivity contribution in [1.29, 1.82) is 0 Å². The molecule has 5 heteroatoms. The molecule has 1 aromatic heterocycles. The second kappa shape index (κ2) is 5.31. The Labute approximate surface area is 101 Å². The first-order valence-electron chi connectivity index (χ1n) is 6.16. The molecule has 1 aliphatic rings. The zero-order valence-corrected chi connectivity index (χ0v) is 10.1. The molecule has 1 aliphatic heterocycles. The van der Waals surface area contributed by atoms with Gasteiger partial charge in [0.15, 0.2) is 0 Å². The number of carbonyl (C=O) groups is 1. The third-order valence-corrected chi connectivity index (χ3v) is 3.41. The zero-order chi connectivity index (χ0) is 12.3. The van der Waals surface area contributed by atoms with E-state index >= 15 is 0 Å². The lowest BCUT2D eigenvalue weighted by atomic mass is 10.1. The Balaban J connectivity index is 2.18. The third-order valence-electron chi connectivity index (χ3n) is 3.41. The molecule has 1 fully saturated rings. The molecular weight excluding hydrogens is 218 g/mol. The van der Waals surface area contributed by atoms with Crippen LogP contribution in [0.25, 0.3) is 0 Å². The van der Waals surface area contributed by atoms with Gasteiger partial charge in [-0.1, -0.05) is 12.8 Å². The van der Waals surface area contributed by atoms with E-state index < -0.39 is 0 Å². The molecule has 0 spiro atoms. The molecule has 17 heavy (non-hydrogen) atoms. The van der Waals surface area contributed by atoms with Crippen LogP contribution >= 0.6 is 0 Å². The van der Waals surface area contributed by atoms with Crippen molar-refractivity contribution in [3.8, 4) is 0 Å². The van der Waals surface area contributed by atoms with E-state index in [1.807, 2.05) is 6.92 Å². The van der Waals surface area contributed by atoms with E-state index in [0.717, 1.165) is 37.9 Å². The molecule has 2 rings (SSSR count). The molecule has 0 saturated carbocycles. The van der Waals surface area contributed by atoms with Crippen molar-refractivity contribution in [3.63, 3.8) is 0 Å². The molecular formula is C12H19N3O2. The quantitative estimate of drug-likeness (QED) is 0.809. The lowest BCUT2D eigenvalue weighted by molar-refractivity contribution is 0.0599. The largest absolute Gasteiger partial charge is 0.394 e. The summed E-state index contributed by atoms with van der Waals surface area (Å²) < 4.78 is 0. The van der Waals surface area contributed by atoms with Gasteiger partial charge in [-0.15, -0.1) is 0 Å². The second-order valence-corrected chi connectivity index (χ2v) is 4.59. The summed E-state index contributed by atoms with van der Waals surface area (Å²) in [4.78, 5) is 14.2. The number of nitrogens with one attached hydrogen (secondary N) is 1. The van der Waals surface area contributed by atoms with E-state index in [-0.39, 0.29) is 18.6 Å². The van der Waals surface area contributed by atoms with Crippen LogP contribution in [-0.4, -0.2) is 45.3 Å². The average Bonchev–Trinajstić information content (AvgIpc) is 2.64. The molecule has 1 saturated heterocycles. The molecule has 94 valence electrons. The Morgan fingerprint density at radius 3 is 3.06 bits per heavy atom. The van der Waals surface area contributed by atoms with E-state index in [9.17, 15) is 9.90 Å². The SMILES string of the molecule is Cc1[nH]ncc1C(=O)N1CCCCCC1CO. The van der Waals surface area contributed by atoms with Crippen LogP contribution in [0.15, 0.2) is 6.20 Å². The Morgan fingerprint density at radius 1 is 1.59 bits per heavy atom. The van der Waals surface area contributed by atoms with Gasteiger partial charge in [-0.05, 0) is 19.8 Å². The van der Waals surface area contributed by atoms with Gasteiger partial charge in [0.05, 0.1) is 24.4 Å². The van der Waals surface area contributed by atoms with Crippen LogP contribution in [0.4, 0.5) is 0 Å². The van der Waals surface area contributed by atoms with Crippen molar-refractivity contribution in [1.82, 2.24) is 15.1 Å². The minimum Gasteiger partial charge on any atom is -0.394 e. The minimum absolute atomic E-state index is 0.0165. The van der Waals surface area contributed by atoms with Crippen molar-refractivity contribution in [2.24, 2.45) is 0 Å². The summed E-state index contributed by atoms with van der Waals surface area (Å²) in [6.07, 6.45) is 5.68. The highest BCUT2D eigenvalue weighted by Crippen LogP contribution is 2.19. The van der Waals surface area contributed by atoms with Crippen molar-refractivity contribution in [3.05, 3.63) is 17.5 Å². The van der Waals surface area contributed by atoms with Gasteiger partial charge in [0.2, 0.25) is 0 Å². The van der Waals surface area contributed by atoms with Crippen molar-refractivity contribution in [2.75, 3.05) is 13.2 Å². The van der Waals surface area contributed by atoms with E-state index in [0.29, 0.717) is 5.56 Å². The zero-order valence-electron chi connectivity index (χ0n) is 10.1. The number of amides is 1. The van der Waals surface area contributed by atoms with Gasteiger partial charge in [-0.25, -0.2) is 0 Å². The number of aromatic amines is 1. The van der Waals surface area contributed by atoms with E-state index in [1.165, 1.54) is 0 Å². The van der Waals surface area contributed by atoms with Gasteiger partial charge in [-0.2, -0.15) is 5.10 Å². The van der Waals surface area contributed by atoms with Crippen LogP contribution in [0.5, 0.6) is 0 Å². The lowest BCUT2D eigenvalue weighted by Gasteiger charge is -2.28. The first-order chi connectivity index (χ1) is 8.24. The molecule has 0 bridgehead atoms. The predicted octanol–water partition coefficient (Wildman–Crippen LogP) is 1.10. The molecule has 5 nitrogen and oxygen atoms in total. The minimum atomic E-state index is -0.0423. The maximum Gasteiger partial charge on any atom is 0.257 e. The predicted molar refractivity (Wildman–Crippen MR) is 63.7 cm³/mol. The molecule has 0 aliphatic carbocycles. The van der Waals surface area contributed by atoms with Crippen LogP contribution < -0.4 is 0 Å². The summed E-state index contributed by atoms with van der Waals surface area (Å²) in [5.74, 6) is -0.0165. The third kappa shape index (κ3) is 2.49. The number of aryl methyl sites for hydroxylation is 1. The van der Waals surface area contributed by atoms with Gasteiger partial charge in [-0.3, -0.25) is 9.89 Å². The molecule has 2 N–H and O–H groups in total. The fourth-order valence-corrected chi connectivity index (χ4v) is 2.36. The highest BCUT2D eigenvalue weighted by Gasteiger charge is 2.27. The number of nitrogens with zero attached hydrogens (tertiary/aromatic N) is 2. The van der Waals surface area contributed by atoms with Crippen LogP contribution in [0, 0.1) is 6.92 Å². The van der Waals surface area contributed by atoms with Gasteiger partial charge < -0.3 is 10.0 Å². The maximum absolute atomic E-state index is 12.4. The summed E-state index contributed by atoms with van der Waals surface area (Å²) in [6, 6.07) is -0.0423. The van der Waals surface area contributed by atoms with Crippen LogP contribution in [0.3, 0.4) is 0 Å². The maximum atomic E-state index is 12.4. The first-order valence-corrected chi connectivity index (χ1v) is 6.16. The molecule has 1 unspecified atom stereocenters. The highest BCUT2D eigenvalue weighted by atomic mass is 16.3. The summed E-state index contributed by atoms with van der Waals surface area (Å²) in [5.41, 5.74) is 1.40. The average molecular weight is 237 g/mol. The molecule has 1 aromatic rings. The number of carbonyl (C=O) groups excluding carboxylic acids is 1. The van der Waals surface area contributed by atoms with Gasteiger partial charge in [0, 0.05) is 12.2 Å². The molecule has 2 heterocycles. The molecule has 0 aromatic carbocycles. The molecule has 1 atom stereocenters. The first kappa shape index (κ1) is 12.1. The van der Waals surface area contributed by atoms with Gasteiger partial charge in [0.1, 0.15) is 0 Å². The summed E-state index contributed by atoms with van der Waals surface area (Å²) >= 11 is 0. The highest BCUT2D eigenvalue weighted by molar-refractivity contribution is 5.95. The number of aliphatic hydroxyl groups is 1. The van der Waals surface area contributed by atoms with Crippen molar-refractivity contribution in [2.45, 2.75) is 38.6 Å². The topological polar surface area (TPSA) is 69.2 Å². The second-order valence-electron chi connectivity index (χ2n) is 4.59. The fourth-order valence-electron chi connectivity index (χ4n) is 2.36. The standard InChI is InChI=1S/C12H19N3O2/c1-9-11(7-13-14-9)12(17)15-6-4-2-3-5-10(15)8-16/h7,10,16H,2-6,8H2,1H3,(H,13,14). The number of hydrogen-bond acceptors (Lipinski definition) is 3. The number of aliphatic hydroxyl groups excluding tert-OH is 1. The monoisotopic (exact) mass is 237 g/mol. The summed E-state index contributed by atoms with van der Waals surface area (Å²) in [7, 11) is 0. The number of rotatable bonds is 2. The smallest absolute Gasteiger partial charge is 0.257 e. The number of H-pyrrole nitrogens is 1. The van der Waals surface area contributed by atoms with E-state index in [4.69, 9.17) is 0 Å². The van der Waals surface area contributed by atoms with Crippen LogP contribution in [0.2, 0.25) is 0 Å². The Morgan fingerprint density at radius 2 is 2.41 bits per heavy atom. The Kier molecular flexibility index (Phi) is 3.78. The van der Waals surface area contributed by atoms with Crippen molar-refractivity contribution < 1.29 is 9.90 Å². The Hall–Kier alpha value is -1.36. The summed E-state index contributed by atoms with van der Waals surface area (Å²) in [5, 5.41) is 16.0. The Bertz CT molecular complexity index is 389. The van der Waals surface area contributed by atoms with Gasteiger partial charge >= 0.3 is 0 Å². The fraction of sp³-hybridized carbons (Fsp3) is 0.667. The normalized spacial score (nSPS) is 21.3. The lowest BCUT2D eigenvalue weighted by Crippen LogP contribution is -2.42. The van der Waals surface area contributed by atoms with Crippen LogP contribution in [0.1, 0.15) is 41.7 Å². The van der Waals surface area contributed by atoms with E-state index in [2.05, 4.69) is 10.2 Å². The van der Waals surface area contributed by atoms with Gasteiger partial charge in [0.25, 0.3) is 5.91 Å². The number of likely N-dealkylation sites (tertiary alicyclic amines) is 1. The van der Waals surface area contributed by atoms with E-state index in [1.54, 1.807) is 11.1 Å². The summed E-state index contributed by atoms with van der Waals surface area (Å²) in [6.45, 7) is 2.61. The number of aromatic nitrogens is 2. The molecule has 1 amide bonds. The van der Waals surface area contributed by atoms with Crippen molar-refractivity contribution >= 4 is 5.91 Å².